The number of hydrazone groups is 1. The average molecular weight is 431 g/mol. The van der Waals surface area contributed by atoms with E-state index in [0.717, 1.165) is 24.1 Å². The molecule has 0 spiro atoms. The largest absolute Gasteiger partial charge is 0.379 e. The van der Waals surface area contributed by atoms with E-state index in [9.17, 15) is 10.1 Å². The Labute approximate surface area is 182 Å². The van der Waals surface area contributed by atoms with Gasteiger partial charge in [0.05, 0.1) is 24.4 Å². The van der Waals surface area contributed by atoms with Crippen molar-refractivity contribution in [3.05, 3.63) is 34.9 Å². The van der Waals surface area contributed by atoms with E-state index in [1.165, 1.54) is 0 Å². The summed E-state index contributed by atoms with van der Waals surface area (Å²) in [6.07, 6.45) is 4.25. The Balaban J connectivity index is 1.81. The highest BCUT2D eigenvalue weighted by Gasteiger charge is 2.38. The number of benzene rings is 1. The number of nitrogens with zero attached hydrogens (tertiary/aromatic N) is 5. The van der Waals surface area contributed by atoms with Gasteiger partial charge in [-0.3, -0.25) is 15.1 Å². The van der Waals surface area contributed by atoms with Gasteiger partial charge >= 0.3 is 0 Å². The highest BCUT2D eigenvalue weighted by Crippen LogP contribution is 2.24. The van der Waals surface area contributed by atoms with E-state index in [0.29, 0.717) is 43.6 Å². The van der Waals surface area contributed by atoms with E-state index >= 15 is 0 Å². The summed E-state index contributed by atoms with van der Waals surface area (Å²) in [6.45, 7) is 6.23. The minimum atomic E-state index is -0.198. The predicted octanol–water partition coefficient (Wildman–Crippen LogP) is 2.59. The molecule has 1 aromatic rings. The number of likely N-dealkylation sites (tertiary alicyclic amines) is 1. The molecule has 1 fully saturated rings. The number of halogens is 1. The van der Waals surface area contributed by atoms with Crippen LogP contribution >= 0.6 is 11.6 Å². The van der Waals surface area contributed by atoms with E-state index < -0.39 is 0 Å². The van der Waals surface area contributed by atoms with Crippen molar-refractivity contribution in [1.29, 1.82) is 5.26 Å². The van der Waals surface area contributed by atoms with Crippen molar-refractivity contribution < 1.29 is 9.53 Å². The van der Waals surface area contributed by atoms with Crippen LogP contribution < -0.4 is 5.32 Å². The van der Waals surface area contributed by atoms with Crippen molar-refractivity contribution >= 4 is 29.2 Å². The van der Waals surface area contributed by atoms with Crippen LogP contribution in [0, 0.1) is 11.5 Å². The topological polar surface area (TPSA) is 93.3 Å². The lowest BCUT2D eigenvalue weighted by Crippen LogP contribution is -2.45. The summed E-state index contributed by atoms with van der Waals surface area (Å²) in [7, 11) is 0. The summed E-state index contributed by atoms with van der Waals surface area (Å²) in [5.74, 6) is 0.503. The number of hydrogen-bond donors (Lipinski definition) is 1. The number of ether oxygens (including phenoxy) is 1. The molecule has 1 saturated heterocycles. The lowest BCUT2D eigenvalue weighted by Gasteiger charge is -2.25. The fourth-order valence-corrected chi connectivity index (χ4v) is 3.67. The van der Waals surface area contributed by atoms with E-state index in [1.54, 1.807) is 5.01 Å². The molecule has 3 rings (SSSR count). The summed E-state index contributed by atoms with van der Waals surface area (Å²) >= 11 is 6.04. The molecule has 2 aliphatic heterocycles. The lowest BCUT2D eigenvalue weighted by molar-refractivity contribution is -0.128. The molecule has 1 atom stereocenters. The Kier molecular flexibility index (Phi) is 7.66. The van der Waals surface area contributed by atoms with Crippen molar-refractivity contribution in [2.75, 3.05) is 26.2 Å². The smallest absolute Gasteiger partial charge is 0.228 e. The number of hydrogen-bond acceptors (Lipinski definition) is 5. The van der Waals surface area contributed by atoms with Crippen LogP contribution in [-0.2, 0) is 9.53 Å². The molecule has 1 N–H and O–H groups in total. The molecule has 160 valence electrons. The Morgan fingerprint density at radius 2 is 2.20 bits per heavy atom. The second-order valence-corrected chi connectivity index (χ2v) is 7.93. The van der Waals surface area contributed by atoms with Gasteiger partial charge in [0, 0.05) is 36.7 Å². The third-order valence-corrected chi connectivity index (χ3v) is 5.20. The van der Waals surface area contributed by atoms with Gasteiger partial charge in [-0.05, 0) is 38.8 Å². The number of carbonyl (C=O) groups is 1. The maximum absolute atomic E-state index is 12.4. The SMILES string of the molecule is CC(C)OCCCN=C(NC#N)N1CC(N2CCCC2=O)C(c2ccc(Cl)cc2)=N1. The maximum atomic E-state index is 12.4. The molecule has 1 unspecified atom stereocenters. The third-order valence-electron chi connectivity index (χ3n) is 4.94. The van der Waals surface area contributed by atoms with Crippen molar-refractivity contribution in [1.82, 2.24) is 15.2 Å². The molecule has 0 bridgehead atoms. The van der Waals surface area contributed by atoms with Crippen molar-refractivity contribution in [3.8, 4) is 6.19 Å². The Morgan fingerprint density at radius 1 is 1.43 bits per heavy atom. The quantitative estimate of drug-likeness (QED) is 0.236. The molecule has 2 aliphatic rings. The Bertz CT molecular complexity index is 846. The van der Waals surface area contributed by atoms with Crippen LogP contribution in [0.5, 0.6) is 0 Å². The fraction of sp³-hybridized carbons (Fsp3) is 0.524. The molecular weight excluding hydrogens is 404 g/mol. The van der Waals surface area contributed by atoms with Crippen LogP contribution in [0.1, 0.15) is 38.7 Å². The molecular formula is C21H27ClN6O2. The van der Waals surface area contributed by atoms with Crippen LogP contribution in [0.3, 0.4) is 0 Å². The number of guanidine groups is 1. The van der Waals surface area contributed by atoms with Crippen molar-refractivity contribution in [2.24, 2.45) is 10.1 Å². The standard InChI is InChI=1S/C21H27ClN6O2/c1-15(2)30-12-4-10-24-21(25-14-23)28-13-18(27-11-3-5-19(27)29)20(26-28)16-6-8-17(22)9-7-16/h6-9,15,18H,3-5,10-13H2,1-2H3,(H,24,25). The maximum Gasteiger partial charge on any atom is 0.228 e. The number of carbonyl (C=O) groups excluding carboxylic acids is 1. The summed E-state index contributed by atoms with van der Waals surface area (Å²) in [4.78, 5) is 18.8. The first kappa shape index (κ1) is 22.1. The van der Waals surface area contributed by atoms with Crippen LogP contribution in [-0.4, -0.2) is 65.9 Å². The zero-order valence-corrected chi connectivity index (χ0v) is 18.1. The van der Waals surface area contributed by atoms with Crippen molar-refractivity contribution in [3.63, 3.8) is 0 Å². The minimum absolute atomic E-state index is 0.126. The molecule has 1 aromatic carbocycles. The number of nitriles is 1. The van der Waals surface area contributed by atoms with E-state index in [-0.39, 0.29) is 18.1 Å². The predicted molar refractivity (Wildman–Crippen MR) is 116 cm³/mol. The monoisotopic (exact) mass is 430 g/mol. The molecule has 1 amide bonds. The molecule has 0 radical (unpaired) electrons. The van der Waals surface area contributed by atoms with Gasteiger partial charge in [0.25, 0.3) is 0 Å². The summed E-state index contributed by atoms with van der Waals surface area (Å²) in [6, 6.07) is 7.22. The molecule has 8 nitrogen and oxygen atoms in total. The molecule has 2 heterocycles. The van der Waals surface area contributed by atoms with Gasteiger partial charge in [-0.1, -0.05) is 23.7 Å². The first-order valence-electron chi connectivity index (χ1n) is 10.2. The molecule has 30 heavy (non-hydrogen) atoms. The van der Waals surface area contributed by atoms with Gasteiger partial charge in [-0.25, -0.2) is 5.01 Å². The highest BCUT2D eigenvalue weighted by atomic mass is 35.5. The second kappa shape index (κ2) is 10.4. The molecule has 0 aromatic heterocycles. The van der Waals surface area contributed by atoms with Gasteiger partial charge in [0.2, 0.25) is 11.9 Å². The van der Waals surface area contributed by atoms with Crippen LogP contribution in [0.4, 0.5) is 0 Å². The van der Waals surface area contributed by atoms with E-state index in [4.69, 9.17) is 21.4 Å². The van der Waals surface area contributed by atoms with E-state index in [1.807, 2.05) is 49.2 Å². The molecule has 0 aliphatic carbocycles. The Hall–Kier alpha value is -2.63. The first-order chi connectivity index (χ1) is 14.5. The van der Waals surface area contributed by atoms with Crippen LogP contribution in [0.25, 0.3) is 0 Å². The number of amides is 1. The highest BCUT2D eigenvalue weighted by molar-refractivity contribution is 6.30. The van der Waals surface area contributed by atoms with Crippen LogP contribution in [0.2, 0.25) is 5.02 Å². The Morgan fingerprint density at radius 3 is 2.83 bits per heavy atom. The average Bonchev–Trinajstić information content (AvgIpc) is 3.33. The van der Waals surface area contributed by atoms with Gasteiger partial charge in [0.15, 0.2) is 6.19 Å². The van der Waals surface area contributed by atoms with Gasteiger partial charge in [0.1, 0.15) is 0 Å². The zero-order chi connectivity index (χ0) is 21.5. The summed E-state index contributed by atoms with van der Waals surface area (Å²) < 4.78 is 5.54. The third kappa shape index (κ3) is 5.49. The van der Waals surface area contributed by atoms with Gasteiger partial charge in [-0.2, -0.15) is 10.4 Å². The second-order valence-electron chi connectivity index (χ2n) is 7.50. The number of rotatable bonds is 7. The minimum Gasteiger partial charge on any atom is -0.379 e. The fourth-order valence-electron chi connectivity index (χ4n) is 3.54. The summed E-state index contributed by atoms with van der Waals surface area (Å²) in [5.41, 5.74) is 1.67. The molecule has 0 saturated carbocycles. The lowest BCUT2D eigenvalue weighted by atomic mass is 10.0. The number of aliphatic imine (C=N–C) groups is 1. The normalized spacial score (nSPS) is 19.4. The van der Waals surface area contributed by atoms with Gasteiger partial charge in [-0.15, -0.1) is 0 Å². The van der Waals surface area contributed by atoms with Crippen LogP contribution in [0.15, 0.2) is 34.4 Å². The van der Waals surface area contributed by atoms with E-state index in [2.05, 4.69) is 10.3 Å². The van der Waals surface area contributed by atoms with Crippen molar-refractivity contribution in [2.45, 2.75) is 45.3 Å². The zero-order valence-electron chi connectivity index (χ0n) is 17.3. The molecule has 9 heteroatoms. The first-order valence-corrected chi connectivity index (χ1v) is 10.6. The summed E-state index contributed by atoms with van der Waals surface area (Å²) in [5, 5.41) is 18.9. The van der Waals surface area contributed by atoms with Gasteiger partial charge < -0.3 is 9.64 Å². The number of nitrogens with one attached hydrogen (secondary N) is 1.